The SMILES string of the molecule is Br.P.[MgH2].c1ccc(COc2ccc3cc2C3)cc1. The molecule has 0 aliphatic heterocycles. The fourth-order valence-electron chi connectivity index (χ4n) is 1.85. The minimum Gasteiger partial charge on any atom is -0.489 e. The highest BCUT2D eigenvalue weighted by molar-refractivity contribution is 8.93. The van der Waals surface area contributed by atoms with Crippen LogP contribution in [0.5, 0.6) is 5.75 Å². The van der Waals surface area contributed by atoms with E-state index in [4.69, 9.17) is 4.74 Å². The molecule has 0 spiro atoms. The average Bonchev–Trinajstić information content (AvgIpc) is 2.27. The van der Waals surface area contributed by atoms with Crippen LogP contribution < -0.4 is 4.74 Å². The van der Waals surface area contributed by atoms with Crippen molar-refractivity contribution in [1.82, 2.24) is 0 Å². The monoisotopic (exact) mass is 336 g/mol. The second-order valence-corrected chi connectivity index (χ2v) is 3.89. The summed E-state index contributed by atoms with van der Waals surface area (Å²) < 4.78 is 5.77. The van der Waals surface area contributed by atoms with E-state index in [-0.39, 0.29) is 49.9 Å². The van der Waals surface area contributed by atoms with Crippen LogP contribution in [0.1, 0.15) is 16.7 Å². The first-order valence-electron chi connectivity index (χ1n) is 5.20. The summed E-state index contributed by atoms with van der Waals surface area (Å²) in [7, 11) is 0. The zero-order valence-corrected chi connectivity index (χ0v) is 12.7. The molecule has 0 saturated carbocycles. The number of benzene rings is 2. The van der Waals surface area contributed by atoms with E-state index < -0.39 is 0 Å². The molecule has 94 valence electrons. The van der Waals surface area contributed by atoms with Crippen molar-refractivity contribution < 1.29 is 4.74 Å². The van der Waals surface area contributed by atoms with Gasteiger partial charge in [-0.25, -0.2) is 0 Å². The lowest BCUT2D eigenvalue weighted by Gasteiger charge is -2.19. The van der Waals surface area contributed by atoms with Crippen LogP contribution in [-0.2, 0) is 13.0 Å². The molecular formula is C14H18BrMgOP. The lowest BCUT2D eigenvalue weighted by Crippen LogP contribution is -2.05. The number of ether oxygens (including phenoxy) is 1. The second-order valence-electron chi connectivity index (χ2n) is 3.89. The highest BCUT2D eigenvalue weighted by Gasteiger charge is 2.14. The fraction of sp³-hybridized carbons (Fsp3) is 0.143. The van der Waals surface area contributed by atoms with E-state index in [1.165, 1.54) is 16.7 Å². The Kier molecular flexibility index (Phi) is 8.12. The quantitative estimate of drug-likeness (QED) is 0.527. The minimum atomic E-state index is 0. The van der Waals surface area contributed by atoms with Gasteiger partial charge in [-0.2, -0.15) is 9.90 Å². The first-order valence-corrected chi connectivity index (χ1v) is 5.20. The van der Waals surface area contributed by atoms with Crippen LogP contribution in [0.4, 0.5) is 0 Å². The summed E-state index contributed by atoms with van der Waals surface area (Å²) in [6.07, 6.45) is 1.08. The zero-order valence-electron chi connectivity index (χ0n) is 9.56. The first-order chi connectivity index (χ1) is 7.42. The maximum atomic E-state index is 5.77. The van der Waals surface area contributed by atoms with Gasteiger partial charge >= 0.3 is 23.1 Å². The standard InChI is InChI=1S/C14H12O.BrH.Mg.H3P.2H/c1-2-4-11(5-3-1)10-15-14-7-6-12-8-13(14)9-12;;;;;/h1-8H,9-10H2;1H;;1H3;;. The molecule has 0 radical (unpaired) electrons. The summed E-state index contributed by atoms with van der Waals surface area (Å²) in [5, 5.41) is 0. The van der Waals surface area contributed by atoms with Crippen LogP contribution in [0.15, 0.2) is 48.5 Å². The van der Waals surface area contributed by atoms with Gasteiger partial charge in [-0.3, -0.25) is 0 Å². The van der Waals surface area contributed by atoms with E-state index in [1.807, 2.05) is 18.2 Å². The summed E-state index contributed by atoms with van der Waals surface area (Å²) in [5.74, 6) is 1.04. The molecule has 1 unspecified atom stereocenters. The third-order valence-electron chi connectivity index (χ3n) is 2.76. The molecule has 1 atom stereocenters. The van der Waals surface area contributed by atoms with Gasteiger partial charge in [0.1, 0.15) is 12.4 Å². The molecule has 0 fully saturated rings. The molecule has 2 aromatic rings. The maximum Gasteiger partial charge on any atom is 0.316 e. The lowest BCUT2D eigenvalue weighted by atomic mass is 9.92. The second kappa shape index (κ2) is 8.16. The topological polar surface area (TPSA) is 9.23 Å². The Balaban J connectivity index is 0.000000963. The average molecular weight is 337 g/mol. The van der Waals surface area contributed by atoms with E-state index in [9.17, 15) is 0 Å². The Morgan fingerprint density at radius 3 is 2.22 bits per heavy atom. The van der Waals surface area contributed by atoms with Crippen molar-refractivity contribution in [3.05, 3.63) is 65.2 Å². The predicted molar refractivity (Wildman–Crippen MR) is 90.0 cm³/mol. The fourth-order valence-corrected chi connectivity index (χ4v) is 1.85. The van der Waals surface area contributed by atoms with Gasteiger partial charge in [0.2, 0.25) is 0 Å². The van der Waals surface area contributed by atoms with E-state index in [2.05, 4.69) is 30.3 Å². The van der Waals surface area contributed by atoms with Crippen LogP contribution in [-0.4, -0.2) is 23.1 Å². The normalized spacial score (nSPS) is 10.0. The molecule has 0 heterocycles. The van der Waals surface area contributed by atoms with Crippen LogP contribution in [0.2, 0.25) is 0 Å². The highest BCUT2D eigenvalue weighted by atomic mass is 79.9. The molecule has 2 aliphatic carbocycles. The summed E-state index contributed by atoms with van der Waals surface area (Å²) >= 11 is 0. The van der Waals surface area contributed by atoms with Gasteiger partial charge in [-0.05, 0) is 22.8 Å². The summed E-state index contributed by atoms with van der Waals surface area (Å²) in [6, 6.07) is 16.7. The van der Waals surface area contributed by atoms with E-state index in [0.29, 0.717) is 6.61 Å². The highest BCUT2D eigenvalue weighted by Crippen LogP contribution is 2.31. The molecule has 0 aromatic heterocycles. The van der Waals surface area contributed by atoms with Gasteiger partial charge < -0.3 is 4.74 Å². The smallest absolute Gasteiger partial charge is 0.316 e. The molecule has 18 heavy (non-hydrogen) atoms. The van der Waals surface area contributed by atoms with Crippen molar-refractivity contribution in [1.29, 1.82) is 0 Å². The molecule has 2 bridgehead atoms. The molecule has 2 aliphatic rings. The van der Waals surface area contributed by atoms with Crippen LogP contribution in [0.3, 0.4) is 0 Å². The Morgan fingerprint density at radius 2 is 1.67 bits per heavy atom. The van der Waals surface area contributed by atoms with Crippen molar-refractivity contribution in [2.75, 3.05) is 0 Å². The Labute approximate surface area is 138 Å². The molecule has 4 rings (SSSR count). The Morgan fingerprint density at radius 1 is 1.00 bits per heavy atom. The van der Waals surface area contributed by atoms with Gasteiger partial charge in [0.25, 0.3) is 0 Å². The predicted octanol–water partition coefficient (Wildman–Crippen LogP) is 2.89. The van der Waals surface area contributed by atoms with Crippen LogP contribution in [0, 0.1) is 0 Å². The lowest BCUT2D eigenvalue weighted by molar-refractivity contribution is 0.302. The molecule has 2 aromatic carbocycles. The molecule has 0 saturated heterocycles. The Bertz CT molecular complexity index is 487. The number of fused-ring (bicyclic) bond motifs is 2. The van der Waals surface area contributed by atoms with Crippen molar-refractivity contribution in [3.63, 3.8) is 0 Å². The first kappa shape index (κ1) is 17.9. The number of halogens is 1. The van der Waals surface area contributed by atoms with E-state index in [0.717, 1.165) is 12.2 Å². The summed E-state index contributed by atoms with van der Waals surface area (Å²) in [6.45, 7) is 0.660. The molecule has 1 nitrogen and oxygen atoms in total. The third kappa shape index (κ3) is 3.96. The van der Waals surface area contributed by atoms with Crippen LogP contribution >= 0.6 is 26.9 Å². The van der Waals surface area contributed by atoms with Crippen LogP contribution in [0.25, 0.3) is 0 Å². The third-order valence-corrected chi connectivity index (χ3v) is 2.76. The Hall–Kier alpha value is -0.0838. The summed E-state index contributed by atoms with van der Waals surface area (Å²) in [5.41, 5.74) is 3.97. The number of rotatable bonds is 3. The van der Waals surface area contributed by atoms with Gasteiger partial charge in [0, 0.05) is 6.42 Å². The largest absolute Gasteiger partial charge is 0.489 e. The van der Waals surface area contributed by atoms with Gasteiger partial charge in [-0.15, -0.1) is 17.0 Å². The number of hydrogen-bond acceptors (Lipinski definition) is 1. The van der Waals surface area contributed by atoms with Crippen molar-refractivity contribution in [3.8, 4) is 5.75 Å². The summed E-state index contributed by atoms with van der Waals surface area (Å²) in [4.78, 5) is 0. The minimum absolute atomic E-state index is 0. The van der Waals surface area contributed by atoms with Crippen molar-refractivity contribution in [2.45, 2.75) is 13.0 Å². The number of hydrogen-bond donors (Lipinski definition) is 0. The van der Waals surface area contributed by atoms with Gasteiger partial charge in [0.15, 0.2) is 0 Å². The van der Waals surface area contributed by atoms with Crippen molar-refractivity contribution >= 4 is 49.9 Å². The zero-order chi connectivity index (χ0) is 10.1. The van der Waals surface area contributed by atoms with E-state index >= 15 is 0 Å². The van der Waals surface area contributed by atoms with Gasteiger partial charge in [0.05, 0.1) is 0 Å². The molecule has 0 N–H and O–H groups in total. The molecule has 0 amide bonds. The maximum absolute atomic E-state index is 5.77. The van der Waals surface area contributed by atoms with Gasteiger partial charge in [-0.1, -0.05) is 42.5 Å². The molecular weight excluding hydrogens is 319 g/mol. The van der Waals surface area contributed by atoms with E-state index in [1.54, 1.807) is 0 Å². The molecule has 4 heteroatoms. The van der Waals surface area contributed by atoms with Crippen molar-refractivity contribution in [2.24, 2.45) is 0 Å².